The van der Waals surface area contributed by atoms with Crippen LogP contribution >= 0.6 is 0 Å². The monoisotopic (exact) mass is 213 g/mol. The lowest BCUT2D eigenvalue weighted by atomic mass is 9.92. The minimum absolute atomic E-state index is 0.364. The maximum atomic E-state index is 8.62. The lowest BCUT2D eigenvalue weighted by Crippen LogP contribution is -2.01. The van der Waals surface area contributed by atoms with Gasteiger partial charge in [-0.15, -0.1) is 0 Å². The Labute approximate surface area is 96.3 Å². The molecule has 0 aromatic heterocycles. The van der Waals surface area contributed by atoms with E-state index in [9.17, 15) is 0 Å². The first-order chi connectivity index (χ1) is 7.18. The zero-order chi connectivity index (χ0) is 11.5. The van der Waals surface area contributed by atoms with Gasteiger partial charge in [0.05, 0.1) is 0 Å². The van der Waals surface area contributed by atoms with E-state index in [2.05, 4.69) is 20.8 Å². The van der Waals surface area contributed by atoms with Gasteiger partial charge in [-0.1, -0.05) is 65.7 Å². The van der Waals surface area contributed by atoms with E-state index in [1.165, 1.54) is 44.9 Å². The molecule has 0 saturated heterocycles. The minimum Gasteiger partial charge on any atom is -0.396 e. The summed E-state index contributed by atoms with van der Waals surface area (Å²) in [6.45, 7) is 7.17. The van der Waals surface area contributed by atoms with Gasteiger partial charge >= 0.3 is 0 Å². The highest BCUT2D eigenvalue weighted by Crippen LogP contribution is 2.19. The summed E-state index contributed by atoms with van der Waals surface area (Å²) in [5, 5.41) is 8.62. The summed E-state index contributed by atoms with van der Waals surface area (Å²) in [5.74, 6) is 2.37. The second kappa shape index (κ2) is 10.5. The highest BCUT2D eigenvalue weighted by molar-refractivity contribution is 4.83. The molecule has 1 nitrogen and oxygen atoms in total. The van der Waals surface area contributed by atoms with Crippen LogP contribution in [0.3, 0.4) is 0 Å². The summed E-state index contributed by atoms with van der Waals surface area (Å²) >= 11 is 0. The first kappa shape index (κ1) is 15.0. The number of unbranched alkanes of at least 4 members (excludes halogenated alkanes) is 6. The number of hydrogen-bond donors (Lipinski definition) is 1. The summed E-state index contributed by atoms with van der Waals surface area (Å²) in [6.07, 6.45) is 10.3. The lowest BCUT2D eigenvalue weighted by molar-refractivity contribution is 0.282. The summed E-state index contributed by atoms with van der Waals surface area (Å²) in [5.41, 5.74) is 0. The first-order valence-corrected chi connectivity index (χ1v) is 6.59. The Bertz CT molecular complexity index is 121. The molecule has 0 aliphatic heterocycles. The van der Waals surface area contributed by atoms with Crippen LogP contribution in [-0.2, 0) is 0 Å². The molecule has 0 fully saturated rings. The van der Waals surface area contributed by atoms with E-state index >= 15 is 0 Å². The van der Waals surface area contributed by atoms with E-state index in [1.807, 2.05) is 0 Å². The SMILES string of the molecule is C[C](C)C(C)CCCCCCCCCO. The van der Waals surface area contributed by atoms with Crippen LogP contribution in [0.15, 0.2) is 0 Å². The van der Waals surface area contributed by atoms with Crippen molar-refractivity contribution in [2.75, 3.05) is 6.61 Å². The van der Waals surface area contributed by atoms with E-state index < -0.39 is 0 Å². The molecule has 0 aliphatic carbocycles. The van der Waals surface area contributed by atoms with Gasteiger partial charge < -0.3 is 5.11 Å². The molecule has 1 heteroatoms. The van der Waals surface area contributed by atoms with Crippen LogP contribution < -0.4 is 0 Å². The Kier molecular flexibility index (Phi) is 10.4. The van der Waals surface area contributed by atoms with Crippen LogP contribution in [0.4, 0.5) is 0 Å². The smallest absolute Gasteiger partial charge is 0.0431 e. The third-order valence-corrected chi connectivity index (χ3v) is 3.28. The predicted octanol–water partition coefficient (Wildman–Crippen LogP) is 4.35. The van der Waals surface area contributed by atoms with Gasteiger partial charge in [0, 0.05) is 6.61 Å². The fourth-order valence-electron chi connectivity index (χ4n) is 1.73. The maximum absolute atomic E-state index is 8.62. The van der Waals surface area contributed by atoms with E-state index in [1.54, 1.807) is 5.92 Å². The molecule has 0 aliphatic rings. The van der Waals surface area contributed by atoms with Gasteiger partial charge in [0.15, 0.2) is 0 Å². The van der Waals surface area contributed by atoms with E-state index in [0.717, 1.165) is 12.3 Å². The van der Waals surface area contributed by atoms with Crippen LogP contribution in [0, 0.1) is 11.8 Å². The van der Waals surface area contributed by atoms with E-state index in [-0.39, 0.29) is 0 Å². The van der Waals surface area contributed by atoms with Gasteiger partial charge in [-0.25, -0.2) is 0 Å². The van der Waals surface area contributed by atoms with Crippen LogP contribution in [0.25, 0.3) is 0 Å². The van der Waals surface area contributed by atoms with Gasteiger partial charge in [0.25, 0.3) is 0 Å². The molecule has 0 rings (SSSR count). The Morgan fingerprint density at radius 3 is 1.80 bits per heavy atom. The van der Waals surface area contributed by atoms with Crippen molar-refractivity contribution in [2.24, 2.45) is 5.92 Å². The molecule has 0 aromatic rings. The second-order valence-electron chi connectivity index (χ2n) is 4.97. The molecule has 0 aromatic carbocycles. The first-order valence-electron chi connectivity index (χ1n) is 6.59. The maximum Gasteiger partial charge on any atom is 0.0431 e. The predicted molar refractivity (Wildman–Crippen MR) is 67.8 cm³/mol. The zero-order valence-corrected chi connectivity index (χ0v) is 10.9. The van der Waals surface area contributed by atoms with Gasteiger partial charge in [0.2, 0.25) is 0 Å². The van der Waals surface area contributed by atoms with Crippen molar-refractivity contribution in [1.82, 2.24) is 0 Å². The Balaban J connectivity index is 3.05. The van der Waals surface area contributed by atoms with Crippen molar-refractivity contribution < 1.29 is 5.11 Å². The molecule has 0 saturated carbocycles. The summed E-state index contributed by atoms with van der Waals surface area (Å²) in [4.78, 5) is 0. The largest absolute Gasteiger partial charge is 0.396 e. The van der Waals surface area contributed by atoms with Crippen LogP contribution in [0.2, 0.25) is 0 Å². The Morgan fingerprint density at radius 1 is 0.867 bits per heavy atom. The number of rotatable bonds is 10. The van der Waals surface area contributed by atoms with Crippen molar-refractivity contribution in [3.05, 3.63) is 5.92 Å². The quantitative estimate of drug-likeness (QED) is 0.535. The van der Waals surface area contributed by atoms with Crippen LogP contribution in [0.5, 0.6) is 0 Å². The van der Waals surface area contributed by atoms with Crippen molar-refractivity contribution in [2.45, 2.75) is 72.1 Å². The molecule has 0 bridgehead atoms. The third kappa shape index (κ3) is 10.2. The second-order valence-corrected chi connectivity index (χ2v) is 4.97. The van der Waals surface area contributed by atoms with Crippen molar-refractivity contribution in [3.63, 3.8) is 0 Å². The molecular weight excluding hydrogens is 184 g/mol. The third-order valence-electron chi connectivity index (χ3n) is 3.28. The lowest BCUT2D eigenvalue weighted by Gasteiger charge is -2.14. The molecule has 0 heterocycles. The average molecular weight is 213 g/mol. The topological polar surface area (TPSA) is 20.2 Å². The van der Waals surface area contributed by atoms with Crippen molar-refractivity contribution >= 4 is 0 Å². The zero-order valence-electron chi connectivity index (χ0n) is 10.9. The fourth-order valence-corrected chi connectivity index (χ4v) is 1.73. The number of hydrogen-bond acceptors (Lipinski definition) is 1. The summed E-state index contributed by atoms with van der Waals surface area (Å²) < 4.78 is 0. The van der Waals surface area contributed by atoms with Gasteiger partial charge in [-0.05, 0) is 18.3 Å². The summed E-state index contributed by atoms with van der Waals surface area (Å²) in [7, 11) is 0. The molecule has 1 atom stereocenters. The molecule has 1 radical (unpaired) electrons. The minimum atomic E-state index is 0.364. The molecule has 91 valence electrons. The van der Waals surface area contributed by atoms with Crippen molar-refractivity contribution in [1.29, 1.82) is 0 Å². The van der Waals surface area contributed by atoms with E-state index in [4.69, 9.17) is 5.11 Å². The Hall–Kier alpha value is -0.0400. The van der Waals surface area contributed by atoms with Crippen LogP contribution in [-0.4, -0.2) is 11.7 Å². The molecule has 15 heavy (non-hydrogen) atoms. The average Bonchev–Trinajstić information content (AvgIpc) is 2.21. The molecular formula is C14H29O. The van der Waals surface area contributed by atoms with Gasteiger partial charge in [0.1, 0.15) is 0 Å². The molecule has 0 spiro atoms. The molecule has 1 N–H and O–H groups in total. The highest BCUT2D eigenvalue weighted by Gasteiger charge is 2.06. The van der Waals surface area contributed by atoms with Crippen molar-refractivity contribution in [3.8, 4) is 0 Å². The number of aliphatic hydroxyl groups is 1. The van der Waals surface area contributed by atoms with Crippen LogP contribution in [0.1, 0.15) is 72.1 Å². The van der Waals surface area contributed by atoms with Gasteiger partial charge in [-0.3, -0.25) is 0 Å². The normalized spacial score (nSPS) is 13.4. The summed E-state index contributed by atoms with van der Waals surface area (Å²) in [6, 6.07) is 0. The molecule has 0 amide bonds. The Morgan fingerprint density at radius 2 is 1.33 bits per heavy atom. The van der Waals surface area contributed by atoms with Gasteiger partial charge in [-0.2, -0.15) is 0 Å². The standard InChI is InChI=1S/C14H29O/c1-13(2)14(3)11-9-7-5-4-6-8-10-12-15/h14-15H,4-12H2,1-3H3. The molecule has 1 unspecified atom stereocenters. The number of aliphatic hydroxyl groups excluding tert-OH is 1. The highest BCUT2D eigenvalue weighted by atomic mass is 16.2. The fraction of sp³-hybridized carbons (Fsp3) is 0.929. The van der Waals surface area contributed by atoms with E-state index in [0.29, 0.717) is 6.61 Å².